The maximum Gasteiger partial charge on any atom is 0.274 e. The molecule has 1 saturated carbocycles. The summed E-state index contributed by atoms with van der Waals surface area (Å²) in [6.45, 7) is 9.72. The van der Waals surface area contributed by atoms with Crippen molar-refractivity contribution in [1.82, 2.24) is 19.9 Å². The summed E-state index contributed by atoms with van der Waals surface area (Å²) in [5.74, 6) is 1.57. The molecule has 0 atom stereocenters. The van der Waals surface area contributed by atoms with Gasteiger partial charge in [-0.05, 0) is 80.8 Å². The molecular formula is C27H30N4OS. The van der Waals surface area contributed by atoms with Crippen LogP contribution in [0.25, 0.3) is 21.5 Å². The van der Waals surface area contributed by atoms with Crippen LogP contribution in [0.4, 0.5) is 0 Å². The number of amides is 1. The van der Waals surface area contributed by atoms with Gasteiger partial charge in [-0.2, -0.15) is 0 Å². The van der Waals surface area contributed by atoms with Gasteiger partial charge in [-0.3, -0.25) is 4.79 Å². The van der Waals surface area contributed by atoms with E-state index in [0.717, 1.165) is 38.9 Å². The first-order valence-electron chi connectivity index (χ1n) is 11.7. The van der Waals surface area contributed by atoms with Crippen molar-refractivity contribution in [2.75, 3.05) is 13.1 Å². The number of aromatic amines is 1. The van der Waals surface area contributed by atoms with E-state index in [1.807, 2.05) is 17.9 Å². The Morgan fingerprint density at radius 3 is 2.64 bits per heavy atom. The van der Waals surface area contributed by atoms with E-state index in [0.29, 0.717) is 24.6 Å². The van der Waals surface area contributed by atoms with Crippen LogP contribution >= 0.6 is 11.3 Å². The second kappa shape index (κ2) is 8.75. The molecular weight excluding hydrogens is 428 g/mol. The van der Waals surface area contributed by atoms with Gasteiger partial charge < -0.3 is 9.88 Å². The Morgan fingerprint density at radius 1 is 1.06 bits per heavy atom. The first kappa shape index (κ1) is 21.8. The highest BCUT2D eigenvalue weighted by molar-refractivity contribution is 7.15. The largest absolute Gasteiger partial charge is 0.342 e. The van der Waals surface area contributed by atoms with Gasteiger partial charge in [-0.15, -0.1) is 11.3 Å². The van der Waals surface area contributed by atoms with E-state index < -0.39 is 0 Å². The number of aromatic nitrogens is 3. The number of imidazole rings is 1. The molecule has 0 aliphatic heterocycles. The molecule has 5 nitrogen and oxygen atoms in total. The average Bonchev–Trinajstić information content (AvgIpc) is 3.38. The molecule has 4 aromatic rings. The Morgan fingerprint density at radius 2 is 1.88 bits per heavy atom. The van der Waals surface area contributed by atoms with Crippen LogP contribution in [0.15, 0.2) is 36.4 Å². The average molecular weight is 459 g/mol. The molecule has 33 heavy (non-hydrogen) atoms. The topological polar surface area (TPSA) is 61.9 Å². The van der Waals surface area contributed by atoms with Gasteiger partial charge in [0.1, 0.15) is 11.5 Å². The highest BCUT2D eigenvalue weighted by Gasteiger charge is 2.30. The zero-order chi connectivity index (χ0) is 23.1. The lowest BCUT2D eigenvalue weighted by molar-refractivity contribution is 0.0744. The zero-order valence-corrected chi connectivity index (χ0v) is 20.6. The molecule has 0 radical (unpaired) electrons. The number of benzene rings is 2. The lowest BCUT2D eigenvalue weighted by atomic mass is 10.0. The van der Waals surface area contributed by atoms with Crippen molar-refractivity contribution >= 4 is 28.3 Å². The molecule has 2 aromatic carbocycles. The van der Waals surface area contributed by atoms with E-state index in [2.05, 4.69) is 56.1 Å². The van der Waals surface area contributed by atoms with E-state index in [4.69, 9.17) is 9.97 Å². The minimum Gasteiger partial charge on any atom is -0.342 e. The van der Waals surface area contributed by atoms with Crippen LogP contribution in [0.5, 0.6) is 0 Å². The number of aryl methyl sites for hydroxylation is 4. The number of fused-ring (bicyclic) bond motifs is 1. The van der Waals surface area contributed by atoms with Gasteiger partial charge >= 0.3 is 0 Å². The van der Waals surface area contributed by atoms with Crippen LogP contribution in [0.3, 0.4) is 0 Å². The van der Waals surface area contributed by atoms with Gasteiger partial charge in [-0.1, -0.05) is 24.3 Å². The van der Waals surface area contributed by atoms with E-state index in [9.17, 15) is 4.79 Å². The van der Waals surface area contributed by atoms with Crippen molar-refractivity contribution in [3.05, 3.63) is 69.6 Å². The van der Waals surface area contributed by atoms with Crippen molar-refractivity contribution in [2.45, 2.75) is 47.0 Å². The maximum absolute atomic E-state index is 13.7. The third kappa shape index (κ3) is 4.71. The Kier molecular flexibility index (Phi) is 5.79. The SMILES string of the molecule is Cc1ccc2nc(CCN(CC3CC3)C(=O)c3nc(C)sc3-c3ccc(C)c(C)c3)[nH]c2c1. The van der Waals surface area contributed by atoms with Gasteiger partial charge in [0.25, 0.3) is 5.91 Å². The summed E-state index contributed by atoms with van der Waals surface area (Å²) in [5, 5.41) is 0.922. The molecule has 0 unspecified atom stereocenters. The fourth-order valence-corrected chi connectivity index (χ4v) is 5.13. The predicted octanol–water partition coefficient (Wildman–Crippen LogP) is 6.01. The summed E-state index contributed by atoms with van der Waals surface area (Å²) < 4.78 is 0. The molecule has 0 spiro atoms. The lowest BCUT2D eigenvalue weighted by Gasteiger charge is -2.22. The summed E-state index contributed by atoms with van der Waals surface area (Å²) in [6, 6.07) is 12.6. The molecule has 1 N–H and O–H groups in total. The molecule has 1 aliphatic carbocycles. The third-order valence-corrected chi connectivity index (χ3v) is 7.49. The minimum absolute atomic E-state index is 0.0337. The molecule has 1 amide bonds. The van der Waals surface area contributed by atoms with Gasteiger partial charge in [-0.25, -0.2) is 9.97 Å². The standard InChI is InChI=1S/C27H30N4OS/c1-16-5-10-22-23(13-16)30-24(29-22)11-12-31(15-20-7-8-20)27(32)25-26(33-19(4)28-25)21-9-6-17(2)18(3)14-21/h5-6,9-10,13-14,20H,7-8,11-12,15H2,1-4H3,(H,29,30). The molecule has 1 fully saturated rings. The van der Waals surface area contributed by atoms with Crippen LogP contribution in [0.2, 0.25) is 0 Å². The normalized spacial score (nSPS) is 13.6. The highest BCUT2D eigenvalue weighted by Crippen LogP contribution is 2.34. The van der Waals surface area contributed by atoms with Crippen LogP contribution in [0.1, 0.15) is 50.9 Å². The van der Waals surface area contributed by atoms with Gasteiger partial charge in [0.15, 0.2) is 0 Å². The van der Waals surface area contributed by atoms with E-state index in [1.54, 1.807) is 11.3 Å². The second-order valence-corrected chi connectivity index (χ2v) is 10.6. The first-order valence-corrected chi connectivity index (χ1v) is 12.5. The number of hydrogen-bond donors (Lipinski definition) is 1. The van der Waals surface area contributed by atoms with E-state index >= 15 is 0 Å². The molecule has 1 aliphatic rings. The van der Waals surface area contributed by atoms with Crippen molar-refractivity contribution in [2.24, 2.45) is 5.92 Å². The maximum atomic E-state index is 13.7. The molecule has 6 heteroatoms. The molecule has 5 rings (SSSR count). The minimum atomic E-state index is 0.0337. The number of carbonyl (C=O) groups excluding carboxylic acids is 1. The van der Waals surface area contributed by atoms with Crippen LogP contribution in [-0.4, -0.2) is 38.8 Å². The van der Waals surface area contributed by atoms with E-state index in [1.165, 1.54) is 29.5 Å². The van der Waals surface area contributed by atoms with E-state index in [-0.39, 0.29) is 5.91 Å². The fourth-order valence-electron chi connectivity index (χ4n) is 4.22. The summed E-state index contributed by atoms with van der Waals surface area (Å²) in [4.78, 5) is 29.6. The van der Waals surface area contributed by atoms with Crippen molar-refractivity contribution in [1.29, 1.82) is 0 Å². The smallest absolute Gasteiger partial charge is 0.274 e. The van der Waals surface area contributed by atoms with Gasteiger partial charge in [0.05, 0.1) is 20.9 Å². The lowest BCUT2D eigenvalue weighted by Crippen LogP contribution is -2.35. The zero-order valence-electron chi connectivity index (χ0n) is 19.7. The van der Waals surface area contributed by atoms with Crippen molar-refractivity contribution < 1.29 is 4.79 Å². The molecule has 2 aromatic heterocycles. The number of carbonyl (C=O) groups is 1. The number of nitrogens with one attached hydrogen (secondary N) is 1. The summed E-state index contributed by atoms with van der Waals surface area (Å²) in [6.07, 6.45) is 3.11. The Hall–Kier alpha value is -2.99. The monoisotopic (exact) mass is 458 g/mol. The van der Waals surface area contributed by atoms with Crippen LogP contribution < -0.4 is 0 Å². The summed E-state index contributed by atoms with van der Waals surface area (Å²) in [7, 11) is 0. The molecule has 170 valence electrons. The first-order chi connectivity index (χ1) is 15.9. The Balaban J connectivity index is 1.40. The fraction of sp³-hybridized carbons (Fsp3) is 0.370. The Bertz CT molecular complexity index is 1330. The number of hydrogen-bond acceptors (Lipinski definition) is 4. The third-order valence-electron chi connectivity index (χ3n) is 6.47. The number of nitrogens with zero attached hydrogens (tertiary/aromatic N) is 3. The molecule has 2 heterocycles. The second-order valence-electron chi connectivity index (χ2n) is 9.36. The van der Waals surface area contributed by atoms with Crippen molar-refractivity contribution in [3.63, 3.8) is 0 Å². The molecule has 0 bridgehead atoms. The highest BCUT2D eigenvalue weighted by atomic mass is 32.1. The summed E-state index contributed by atoms with van der Waals surface area (Å²) >= 11 is 1.60. The number of thiazole rings is 1. The Labute approximate surface area is 198 Å². The van der Waals surface area contributed by atoms with Gasteiger partial charge in [0, 0.05) is 19.5 Å². The van der Waals surface area contributed by atoms with Crippen LogP contribution in [-0.2, 0) is 6.42 Å². The predicted molar refractivity (Wildman–Crippen MR) is 135 cm³/mol. The number of rotatable bonds is 7. The molecule has 0 saturated heterocycles. The van der Waals surface area contributed by atoms with Crippen LogP contribution in [0, 0.1) is 33.6 Å². The van der Waals surface area contributed by atoms with Gasteiger partial charge in [0.2, 0.25) is 0 Å². The number of H-pyrrole nitrogens is 1. The van der Waals surface area contributed by atoms with Crippen molar-refractivity contribution in [3.8, 4) is 10.4 Å². The quantitative estimate of drug-likeness (QED) is 0.369. The summed E-state index contributed by atoms with van der Waals surface area (Å²) in [5.41, 5.74) is 7.38.